The number of likely N-dealkylation sites (tertiary alicyclic amines) is 1. The Bertz CT molecular complexity index is 425. The Hall–Kier alpha value is -0.900. The van der Waals surface area contributed by atoms with E-state index in [1.54, 1.807) is 0 Å². The molecular weight excluding hydrogens is 248 g/mol. The van der Waals surface area contributed by atoms with E-state index in [2.05, 4.69) is 49.9 Å². The Morgan fingerprint density at radius 3 is 2.15 bits per heavy atom. The number of hydrogen-bond acceptors (Lipinski definition) is 3. The highest BCUT2D eigenvalue weighted by molar-refractivity contribution is 5.31. The minimum Gasteiger partial charge on any atom is -0.385 e. The van der Waals surface area contributed by atoms with E-state index in [-0.39, 0.29) is 5.41 Å². The molecule has 0 saturated carbocycles. The van der Waals surface area contributed by atoms with Crippen LogP contribution < -0.4 is 5.73 Å². The molecule has 3 N–H and O–H groups in total. The van der Waals surface area contributed by atoms with Crippen molar-refractivity contribution in [1.29, 1.82) is 0 Å². The van der Waals surface area contributed by atoms with E-state index < -0.39 is 5.60 Å². The highest BCUT2D eigenvalue weighted by Gasteiger charge is 2.33. The number of hydrogen-bond donors (Lipinski definition) is 2. The van der Waals surface area contributed by atoms with Gasteiger partial charge in [-0.05, 0) is 29.4 Å². The maximum atomic E-state index is 10.9. The molecule has 0 atom stereocenters. The van der Waals surface area contributed by atoms with Crippen molar-refractivity contribution >= 4 is 0 Å². The molecule has 3 nitrogen and oxygen atoms in total. The number of rotatable bonds is 3. The van der Waals surface area contributed by atoms with Crippen molar-refractivity contribution in [2.45, 2.75) is 44.6 Å². The standard InChI is InChI=1S/C17H28N2O/c1-16(2,3)14-4-6-15(7-5-14)17(20)8-11-19(12-9-17)13-10-18/h4-7,20H,8-13,18H2,1-3H3. The van der Waals surface area contributed by atoms with E-state index in [0.717, 1.165) is 38.0 Å². The van der Waals surface area contributed by atoms with Gasteiger partial charge in [-0.2, -0.15) is 0 Å². The Kier molecular flexibility index (Phi) is 4.52. The van der Waals surface area contributed by atoms with Crippen LogP contribution in [-0.4, -0.2) is 36.2 Å². The summed E-state index contributed by atoms with van der Waals surface area (Å²) >= 11 is 0. The Morgan fingerprint density at radius 1 is 1.15 bits per heavy atom. The van der Waals surface area contributed by atoms with Crippen LogP contribution in [0.25, 0.3) is 0 Å². The first kappa shape index (κ1) is 15.5. The predicted molar refractivity (Wildman–Crippen MR) is 83.8 cm³/mol. The van der Waals surface area contributed by atoms with Crippen molar-refractivity contribution in [1.82, 2.24) is 4.90 Å². The van der Waals surface area contributed by atoms with Gasteiger partial charge in [0.25, 0.3) is 0 Å². The molecule has 1 aliphatic rings. The van der Waals surface area contributed by atoms with E-state index >= 15 is 0 Å². The average molecular weight is 276 g/mol. The third kappa shape index (κ3) is 3.40. The fraction of sp³-hybridized carbons (Fsp3) is 0.647. The molecule has 2 rings (SSSR count). The predicted octanol–water partition coefficient (Wildman–Crippen LogP) is 2.23. The molecule has 0 aliphatic carbocycles. The van der Waals surface area contributed by atoms with Crippen LogP contribution in [0.4, 0.5) is 0 Å². The minimum absolute atomic E-state index is 0.158. The van der Waals surface area contributed by atoms with Gasteiger partial charge in [0.05, 0.1) is 5.60 Å². The van der Waals surface area contributed by atoms with Gasteiger partial charge in [0.1, 0.15) is 0 Å². The van der Waals surface area contributed by atoms with Gasteiger partial charge >= 0.3 is 0 Å². The molecule has 1 saturated heterocycles. The fourth-order valence-electron chi connectivity index (χ4n) is 2.90. The molecule has 0 spiro atoms. The molecule has 0 amide bonds. The largest absolute Gasteiger partial charge is 0.385 e. The van der Waals surface area contributed by atoms with E-state index in [1.165, 1.54) is 5.56 Å². The lowest BCUT2D eigenvalue weighted by atomic mass is 9.81. The van der Waals surface area contributed by atoms with Gasteiger partial charge in [-0.1, -0.05) is 45.0 Å². The van der Waals surface area contributed by atoms with Crippen molar-refractivity contribution < 1.29 is 5.11 Å². The average Bonchev–Trinajstić information content (AvgIpc) is 2.41. The number of nitrogens with zero attached hydrogens (tertiary/aromatic N) is 1. The Labute approximate surface area is 122 Å². The first-order valence-corrected chi connectivity index (χ1v) is 7.61. The Balaban J connectivity index is 2.08. The van der Waals surface area contributed by atoms with Crippen molar-refractivity contribution in [3.8, 4) is 0 Å². The van der Waals surface area contributed by atoms with Crippen LogP contribution in [0.15, 0.2) is 24.3 Å². The highest BCUT2D eigenvalue weighted by Crippen LogP contribution is 2.34. The van der Waals surface area contributed by atoms with E-state index in [4.69, 9.17) is 5.73 Å². The topological polar surface area (TPSA) is 49.5 Å². The monoisotopic (exact) mass is 276 g/mol. The lowest BCUT2D eigenvalue weighted by Gasteiger charge is -2.38. The van der Waals surface area contributed by atoms with Gasteiger partial charge in [0.15, 0.2) is 0 Å². The third-order valence-electron chi connectivity index (χ3n) is 4.42. The minimum atomic E-state index is -0.665. The van der Waals surface area contributed by atoms with Gasteiger partial charge < -0.3 is 15.7 Å². The molecule has 0 bridgehead atoms. The van der Waals surface area contributed by atoms with Crippen LogP contribution in [0, 0.1) is 0 Å². The number of piperidine rings is 1. The summed E-state index contributed by atoms with van der Waals surface area (Å²) in [5, 5.41) is 10.9. The van der Waals surface area contributed by atoms with Crippen molar-refractivity contribution in [2.75, 3.05) is 26.2 Å². The number of benzene rings is 1. The lowest BCUT2D eigenvalue weighted by Crippen LogP contribution is -2.44. The molecule has 0 radical (unpaired) electrons. The molecule has 1 fully saturated rings. The molecule has 20 heavy (non-hydrogen) atoms. The maximum absolute atomic E-state index is 10.9. The fourth-order valence-corrected chi connectivity index (χ4v) is 2.90. The summed E-state index contributed by atoms with van der Waals surface area (Å²) in [6.45, 7) is 10.1. The van der Waals surface area contributed by atoms with Crippen LogP contribution >= 0.6 is 0 Å². The zero-order chi connectivity index (χ0) is 14.8. The Morgan fingerprint density at radius 2 is 1.70 bits per heavy atom. The molecule has 112 valence electrons. The van der Waals surface area contributed by atoms with Gasteiger partial charge in [-0.25, -0.2) is 0 Å². The molecule has 1 aliphatic heterocycles. The first-order valence-electron chi connectivity index (χ1n) is 7.61. The maximum Gasteiger partial charge on any atom is 0.0920 e. The quantitative estimate of drug-likeness (QED) is 0.890. The molecule has 3 heteroatoms. The van der Waals surface area contributed by atoms with Crippen LogP contribution in [0.1, 0.15) is 44.7 Å². The van der Waals surface area contributed by atoms with Gasteiger partial charge in [0, 0.05) is 26.2 Å². The van der Waals surface area contributed by atoms with Crippen LogP contribution in [0.2, 0.25) is 0 Å². The van der Waals surface area contributed by atoms with Crippen molar-refractivity contribution in [3.63, 3.8) is 0 Å². The SMILES string of the molecule is CC(C)(C)c1ccc(C2(O)CCN(CCN)CC2)cc1. The molecule has 0 unspecified atom stereocenters. The molecule has 1 heterocycles. The number of nitrogens with two attached hydrogens (primary N) is 1. The summed E-state index contributed by atoms with van der Waals surface area (Å²) in [4.78, 5) is 2.33. The zero-order valence-electron chi connectivity index (χ0n) is 13.0. The summed E-state index contributed by atoms with van der Waals surface area (Å²) in [6, 6.07) is 8.50. The van der Waals surface area contributed by atoms with Crippen LogP contribution in [-0.2, 0) is 11.0 Å². The third-order valence-corrected chi connectivity index (χ3v) is 4.42. The summed E-state index contributed by atoms with van der Waals surface area (Å²) in [7, 11) is 0. The summed E-state index contributed by atoms with van der Waals surface area (Å²) < 4.78 is 0. The smallest absolute Gasteiger partial charge is 0.0920 e. The number of aliphatic hydroxyl groups is 1. The van der Waals surface area contributed by atoms with Crippen LogP contribution in [0.5, 0.6) is 0 Å². The molecular formula is C17H28N2O. The van der Waals surface area contributed by atoms with Crippen LogP contribution in [0.3, 0.4) is 0 Å². The van der Waals surface area contributed by atoms with Gasteiger partial charge in [0.2, 0.25) is 0 Å². The second kappa shape index (κ2) is 5.84. The zero-order valence-corrected chi connectivity index (χ0v) is 13.0. The first-order chi connectivity index (χ1) is 9.35. The highest BCUT2D eigenvalue weighted by atomic mass is 16.3. The second-order valence-corrected chi connectivity index (χ2v) is 6.99. The summed E-state index contributed by atoms with van der Waals surface area (Å²) in [5.74, 6) is 0. The van der Waals surface area contributed by atoms with E-state index in [0.29, 0.717) is 6.54 Å². The molecule has 0 aromatic heterocycles. The normalized spacial score (nSPS) is 20.1. The van der Waals surface area contributed by atoms with Crippen molar-refractivity contribution in [3.05, 3.63) is 35.4 Å². The van der Waals surface area contributed by atoms with Crippen molar-refractivity contribution in [2.24, 2.45) is 5.73 Å². The van der Waals surface area contributed by atoms with Gasteiger partial charge in [-0.3, -0.25) is 0 Å². The summed E-state index contributed by atoms with van der Waals surface area (Å²) in [6.07, 6.45) is 1.59. The lowest BCUT2D eigenvalue weighted by molar-refractivity contribution is -0.0251. The van der Waals surface area contributed by atoms with E-state index in [1.807, 2.05) is 0 Å². The van der Waals surface area contributed by atoms with Gasteiger partial charge in [-0.15, -0.1) is 0 Å². The van der Waals surface area contributed by atoms with E-state index in [9.17, 15) is 5.11 Å². The molecule has 1 aromatic rings. The second-order valence-electron chi connectivity index (χ2n) is 6.99. The molecule has 1 aromatic carbocycles. The summed E-state index contributed by atoms with van der Waals surface area (Å²) in [5.41, 5.74) is 7.45.